The summed E-state index contributed by atoms with van der Waals surface area (Å²) < 4.78 is 0. The first-order valence-corrected chi connectivity index (χ1v) is 2.31. The van der Waals surface area contributed by atoms with Gasteiger partial charge in [0.1, 0.15) is 0 Å². The fourth-order valence-electron chi connectivity index (χ4n) is 0.400. The Morgan fingerprint density at radius 2 is 2.50 bits per heavy atom. The van der Waals surface area contributed by atoms with Gasteiger partial charge in [-0.3, -0.25) is 10.4 Å². The molecule has 1 rings (SSSR count). The van der Waals surface area contributed by atoms with E-state index in [0.29, 0.717) is 0 Å². The van der Waals surface area contributed by atoms with Gasteiger partial charge in [0, 0.05) is 0 Å². The zero-order valence-corrected chi connectivity index (χ0v) is 4.74. The van der Waals surface area contributed by atoms with Gasteiger partial charge in [-0.2, -0.15) is 0 Å². The van der Waals surface area contributed by atoms with Gasteiger partial charge < -0.3 is 10.1 Å². The van der Waals surface area contributed by atoms with E-state index in [4.69, 9.17) is 5.41 Å². The highest BCUT2D eigenvalue weighted by Crippen LogP contribution is 1.91. The van der Waals surface area contributed by atoms with E-state index in [2.05, 4.69) is 15.0 Å². The van der Waals surface area contributed by atoms with Crippen LogP contribution in [0.25, 0.3) is 0 Å². The number of nitrogens with zero attached hydrogens (tertiary/aromatic N) is 3. The number of hydrogen-bond donors (Lipinski definition) is 2. The van der Waals surface area contributed by atoms with E-state index < -0.39 is 10.9 Å². The van der Waals surface area contributed by atoms with Crippen LogP contribution in [0.4, 0.5) is 5.95 Å². The summed E-state index contributed by atoms with van der Waals surface area (Å²) >= 11 is 0. The van der Waals surface area contributed by atoms with Crippen LogP contribution in [0.5, 0.6) is 0 Å². The monoisotopic (exact) mass is 141 g/mol. The fraction of sp³-hybridized carbons (Fsp3) is 0. The average molecular weight is 141 g/mol. The molecule has 7 nitrogen and oxygen atoms in total. The SMILES string of the molecule is N=c1nc([N+](=O)[O-])nc[nH]1. The maximum Gasteiger partial charge on any atom is 0.473 e. The third-order valence-corrected chi connectivity index (χ3v) is 0.756. The Morgan fingerprint density at radius 1 is 1.80 bits per heavy atom. The second-order valence-corrected chi connectivity index (χ2v) is 1.42. The lowest BCUT2D eigenvalue weighted by Crippen LogP contribution is -2.12. The number of hydrogen-bond acceptors (Lipinski definition) is 5. The Hall–Kier alpha value is -1.79. The van der Waals surface area contributed by atoms with Crippen LogP contribution in [0, 0.1) is 15.5 Å². The van der Waals surface area contributed by atoms with Crippen LogP contribution in [0.2, 0.25) is 0 Å². The van der Waals surface area contributed by atoms with Crippen molar-refractivity contribution in [2.24, 2.45) is 0 Å². The highest BCUT2D eigenvalue weighted by Gasteiger charge is 2.05. The molecule has 2 N–H and O–H groups in total. The predicted molar refractivity (Wildman–Crippen MR) is 28.9 cm³/mol. The number of nitrogens with one attached hydrogen (secondary N) is 2. The van der Waals surface area contributed by atoms with E-state index in [1.807, 2.05) is 0 Å². The summed E-state index contributed by atoms with van der Waals surface area (Å²) in [6.45, 7) is 0. The third kappa shape index (κ3) is 1.13. The van der Waals surface area contributed by atoms with E-state index in [1.165, 1.54) is 0 Å². The Labute approximate surface area is 54.4 Å². The zero-order chi connectivity index (χ0) is 7.56. The molecule has 7 heteroatoms. The van der Waals surface area contributed by atoms with Crippen LogP contribution >= 0.6 is 0 Å². The van der Waals surface area contributed by atoms with Crippen LogP contribution < -0.4 is 5.62 Å². The average Bonchev–Trinajstić information content (AvgIpc) is 1.88. The first-order chi connectivity index (χ1) is 4.70. The van der Waals surface area contributed by atoms with Gasteiger partial charge in [-0.05, 0) is 9.91 Å². The number of aromatic amines is 1. The quantitative estimate of drug-likeness (QED) is 0.393. The molecule has 0 spiro atoms. The van der Waals surface area contributed by atoms with Crippen LogP contribution in [0.1, 0.15) is 0 Å². The lowest BCUT2D eigenvalue weighted by Gasteiger charge is -1.86. The second kappa shape index (κ2) is 2.21. The number of rotatable bonds is 1. The maximum absolute atomic E-state index is 9.94. The Kier molecular flexibility index (Phi) is 1.40. The third-order valence-electron chi connectivity index (χ3n) is 0.756. The van der Waals surface area contributed by atoms with Crippen molar-refractivity contribution in [2.45, 2.75) is 0 Å². The van der Waals surface area contributed by atoms with Gasteiger partial charge in [-0.1, -0.05) is 4.98 Å². The van der Waals surface area contributed by atoms with E-state index in [-0.39, 0.29) is 5.62 Å². The van der Waals surface area contributed by atoms with Gasteiger partial charge in [0.25, 0.3) is 0 Å². The smallest absolute Gasteiger partial charge is 0.390 e. The lowest BCUT2D eigenvalue weighted by atomic mass is 10.9. The summed E-state index contributed by atoms with van der Waals surface area (Å²) in [6.07, 6.45) is 1.05. The molecule has 0 saturated heterocycles. The first kappa shape index (κ1) is 6.33. The van der Waals surface area contributed by atoms with Gasteiger partial charge in [-0.25, -0.2) is 0 Å². The predicted octanol–water partition coefficient (Wildman–Crippen LogP) is -0.808. The molecule has 1 aromatic heterocycles. The van der Waals surface area contributed by atoms with Crippen molar-refractivity contribution in [1.82, 2.24) is 15.0 Å². The van der Waals surface area contributed by atoms with Crippen molar-refractivity contribution < 1.29 is 4.92 Å². The minimum absolute atomic E-state index is 0.276. The molecule has 1 heterocycles. The fourth-order valence-corrected chi connectivity index (χ4v) is 0.400. The van der Waals surface area contributed by atoms with Crippen LogP contribution in [0.3, 0.4) is 0 Å². The van der Waals surface area contributed by atoms with E-state index in [1.54, 1.807) is 0 Å². The largest absolute Gasteiger partial charge is 0.473 e. The molecule has 0 saturated carbocycles. The van der Waals surface area contributed by atoms with Gasteiger partial charge in [0.15, 0.2) is 6.33 Å². The molecule has 0 atom stereocenters. The van der Waals surface area contributed by atoms with Crippen molar-refractivity contribution in [3.63, 3.8) is 0 Å². The van der Waals surface area contributed by atoms with Crippen molar-refractivity contribution >= 4 is 5.95 Å². The Bertz CT molecular complexity index is 304. The lowest BCUT2D eigenvalue weighted by molar-refractivity contribution is -0.394. The molecular weight excluding hydrogens is 138 g/mol. The first-order valence-electron chi connectivity index (χ1n) is 2.31. The molecule has 1 aromatic rings. The minimum Gasteiger partial charge on any atom is -0.390 e. The summed E-state index contributed by atoms with van der Waals surface area (Å²) in [5, 5.41) is 16.8. The standard InChI is InChI=1S/C3H3N5O2/c4-2-5-1-6-3(7-2)8(9)10/h1H,(H2,4,5,6,7). The summed E-state index contributed by atoms with van der Waals surface area (Å²) in [5.41, 5.74) is -0.276. The van der Waals surface area contributed by atoms with Crippen molar-refractivity contribution in [1.29, 1.82) is 5.41 Å². The van der Waals surface area contributed by atoms with Gasteiger partial charge in [-0.15, -0.1) is 0 Å². The molecule has 0 aliphatic rings. The molecule has 52 valence electrons. The van der Waals surface area contributed by atoms with E-state index in [0.717, 1.165) is 6.33 Å². The Morgan fingerprint density at radius 3 is 2.90 bits per heavy atom. The molecule has 0 aliphatic carbocycles. The molecule has 0 fully saturated rings. The molecule has 0 bridgehead atoms. The van der Waals surface area contributed by atoms with Gasteiger partial charge in [0.05, 0.1) is 0 Å². The van der Waals surface area contributed by atoms with E-state index in [9.17, 15) is 10.1 Å². The summed E-state index contributed by atoms with van der Waals surface area (Å²) in [4.78, 5) is 17.9. The Balaban J connectivity index is 3.20. The number of H-pyrrole nitrogens is 1. The van der Waals surface area contributed by atoms with Crippen molar-refractivity contribution in [3.05, 3.63) is 22.1 Å². The summed E-state index contributed by atoms with van der Waals surface area (Å²) in [7, 11) is 0. The summed E-state index contributed by atoms with van der Waals surface area (Å²) in [5.74, 6) is -0.566. The maximum atomic E-state index is 9.94. The van der Waals surface area contributed by atoms with Crippen molar-refractivity contribution in [3.8, 4) is 0 Å². The van der Waals surface area contributed by atoms with Crippen LogP contribution in [-0.4, -0.2) is 19.9 Å². The van der Waals surface area contributed by atoms with Crippen molar-refractivity contribution in [2.75, 3.05) is 0 Å². The number of aromatic nitrogens is 3. The van der Waals surface area contributed by atoms with Gasteiger partial charge >= 0.3 is 11.6 Å². The van der Waals surface area contributed by atoms with E-state index >= 15 is 0 Å². The molecule has 0 unspecified atom stereocenters. The molecule has 0 aliphatic heterocycles. The topological polar surface area (TPSA) is 109 Å². The molecule has 10 heavy (non-hydrogen) atoms. The van der Waals surface area contributed by atoms with Crippen LogP contribution in [-0.2, 0) is 0 Å². The molecule has 0 amide bonds. The molecular formula is C3H3N5O2. The normalized spacial score (nSPS) is 9.20. The van der Waals surface area contributed by atoms with Gasteiger partial charge in [0.2, 0.25) is 0 Å². The highest BCUT2D eigenvalue weighted by atomic mass is 16.6. The molecule has 0 radical (unpaired) electrons. The molecule has 0 aromatic carbocycles. The second-order valence-electron chi connectivity index (χ2n) is 1.42. The zero-order valence-electron chi connectivity index (χ0n) is 4.74. The van der Waals surface area contributed by atoms with Crippen LogP contribution in [0.15, 0.2) is 6.33 Å². The highest BCUT2D eigenvalue weighted by molar-refractivity contribution is 4.95. The minimum atomic E-state index is -0.758. The number of nitro groups is 1. The summed E-state index contributed by atoms with van der Waals surface area (Å²) in [6, 6.07) is 0.